The monoisotopic (exact) mass is 182 g/mol. The van der Waals surface area contributed by atoms with Crippen LogP contribution in [0.3, 0.4) is 0 Å². The summed E-state index contributed by atoms with van der Waals surface area (Å²) in [7, 11) is 0. The van der Waals surface area contributed by atoms with Crippen molar-refractivity contribution in [1.82, 2.24) is 0 Å². The van der Waals surface area contributed by atoms with E-state index in [4.69, 9.17) is 11.5 Å². The molecule has 4 N–H and O–H groups in total. The molecule has 0 atom stereocenters. The highest BCUT2D eigenvalue weighted by atomic mass is 32.1. The van der Waals surface area contributed by atoms with Crippen molar-refractivity contribution in [2.45, 2.75) is 32.2 Å². The molecule has 1 heterocycles. The molecule has 0 saturated carbocycles. The number of rotatable bonds is 1. The number of hydrogen-bond donors (Lipinski definition) is 2. The molecule has 0 radical (unpaired) electrons. The van der Waals surface area contributed by atoms with E-state index in [2.05, 4.69) is 0 Å². The van der Waals surface area contributed by atoms with E-state index in [1.165, 1.54) is 41.7 Å². The lowest BCUT2D eigenvalue weighted by Crippen LogP contribution is -2.05. The van der Waals surface area contributed by atoms with Crippen LogP contribution in [0.25, 0.3) is 0 Å². The van der Waals surface area contributed by atoms with Crippen molar-refractivity contribution in [3.05, 3.63) is 16.0 Å². The summed E-state index contributed by atoms with van der Waals surface area (Å²) >= 11 is 1.74. The molecule has 2 nitrogen and oxygen atoms in total. The predicted octanol–water partition coefficient (Wildman–Crippen LogP) is 1.67. The van der Waals surface area contributed by atoms with Crippen molar-refractivity contribution in [2.24, 2.45) is 5.73 Å². The fraction of sp³-hybridized carbons (Fsp3) is 0.556. The third-order valence-corrected chi connectivity index (χ3v) is 3.68. The van der Waals surface area contributed by atoms with Gasteiger partial charge >= 0.3 is 0 Å². The third kappa shape index (κ3) is 1.13. The van der Waals surface area contributed by atoms with Crippen molar-refractivity contribution >= 4 is 16.3 Å². The van der Waals surface area contributed by atoms with Gasteiger partial charge in [0.05, 0.1) is 5.00 Å². The second-order valence-electron chi connectivity index (χ2n) is 3.26. The Balaban J connectivity index is 2.46. The van der Waals surface area contributed by atoms with Gasteiger partial charge in [-0.05, 0) is 31.2 Å². The molecule has 1 aromatic heterocycles. The van der Waals surface area contributed by atoms with Gasteiger partial charge in [-0.15, -0.1) is 11.3 Å². The lowest BCUT2D eigenvalue weighted by Gasteiger charge is -2.11. The Morgan fingerprint density at radius 3 is 2.75 bits per heavy atom. The van der Waals surface area contributed by atoms with Crippen LogP contribution in [0, 0.1) is 0 Å². The molecule has 0 saturated heterocycles. The van der Waals surface area contributed by atoms with Crippen LogP contribution in [-0.2, 0) is 19.4 Å². The molecule has 1 aromatic rings. The number of nitrogen functional groups attached to an aromatic ring is 1. The van der Waals surface area contributed by atoms with E-state index in [1.54, 1.807) is 11.3 Å². The SMILES string of the molecule is NCc1c(N)sc2c1CCCC2. The Kier molecular flexibility index (Phi) is 2.07. The van der Waals surface area contributed by atoms with Crippen LogP contribution in [0.1, 0.15) is 28.8 Å². The smallest absolute Gasteiger partial charge is 0.0907 e. The molecule has 1 aliphatic carbocycles. The molecule has 0 aliphatic heterocycles. The molecule has 0 amide bonds. The topological polar surface area (TPSA) is 52.0 Å². The van der Waals surface area contributed by atoms with Crippen LogP contribution in [0.2, 0.25) is 0 Å². The average molecular weight is 182 g/mol. The molecule has 66 valence electrons. The maximum atomic E-state index is 5.87. The first-order valence-corrected chi connectivity index (χ1v) is 5.23. The van der Waals surface area contributed by atoms with Gasteiger partial charge < -0.3 is 11.5 Å². The second kappa shape index (κ2) is 3.07. The average Bonchev–Trinajstić information content (AvgIpc) is 2.40. The molecule has 2 rings (SSSR count). The maximum absolute atomic E-state index is 5.87. The Morgan fingerprint density at radius 1 is 1.25 bits per heavy atom. The Bertz CT molecular complexity index is 291. The van der Waals surface area contributed by atoms with Gasteiger partial charge in [0.2, 0.25) is 0 Å². The third-order valence-electron chi connectivity index (χ3n) is 2.52. The molecule has 3 heteroatoms. The van der Waals surface area contributed by atoms with E-state index in [9.17, 15) is 0 Å². The highest BCUT2D eigenvalue weighted by Crippen LogP contribution is 2.35. The van der Waals surface area contributed by atoms with Crippen molar-refractivity contribution in [2.75, 3.05) is 5.73 Å². The fourth-order valence-corrected chi connectivity index (χ4v) is 3.07. The van der Waals surface area contributed by atoms with E-state index in [1.807, 2.05) is 0 Å². The largest absolute Gasteiger partial charge is 0.390 e. The molecule has 0 fully saturated rings. The van der Waals surface area contributed by atoms with E-state index >= 15 is 0 Å². The highest BCUT2D eigenvalue weighted by molar-refractivity contribution is 7.16. The summed E-state index contributed by atoms with van der Waals surface area (Å²) in [6.07, 6.45) is 5.02. The lowest BCUT2D eigenvalue weighted by atomic mass is 9.96. The van der Waals surface area contributed by atoms with Crippen LogP contribution in [0.15, 0.2) is 0 Å². The molecule has 0 aromatic carbocycles. The van der Waals surface area contributed by atoms with Crippen molar-refractivity contribution in [3.63, 3.8) is 0 Å². The summed E-state index contributed by atoms with van der Waals surface area (Å²) in [6, 6.07) is 0. The van der Waals surface area contributed by atoms with Gasteiger partial charge in [-0.25, -0.2) is 0 Å². The molecule has 1 aliphatic rings. The number of thiophene rings is 1. The van der Waals surface area contributed by atoms with Crippen LogP contribution >= 0.6 is 11.3 Å². The van der Waals surface area contributed by atoms with Gasteiger partial charge in [-0.2, -0.15) is 0 Å². The minimum atomic E-state index is 0.609. The first-order valence-electron chi connectivity index (χ1n) is 4.42. The molecular formula is C9H14N2S. The van der Waals surface area contributed by atoms with E-state index < -0.39 is 0 Å². The van der Waals surface area contributed by atoms with Gasteiger partial charge in [0.25, 0.3) is 0 Å². The number of hydrogen-bond acceptors (Lipinski definition) is 3. The van der Waals surface area contributed by atoms with E-state index in [0.717, 1.165) is 5.00 Å². The number of aryl methyl sites for hydroxylation is 1. The quantitative estimate of drug-likeness (QED) is 0.694. The maximum Gasteiger partial charge on any atom is 0.0907 e. The summed E-state index contributed by atoms with van der Waals surface area (Å²) < 4.78 is 0. The summed E-state index contributed by atoms with van der Waals surface area (Å²) in [4.78, 5) is 1.49. The zero-order chi connectivity index (χ0) is 8.55. The van der Waals surface area contributed by atoms with Crippen LogP contribution < -0.4 is 11.5 Å². The number of nitrogens with two attached hydrogens (primary N) is 2. The minimum Gasteiger partial charge on any atom is -0.390 e. The molecule has 0 spiro atoms. The van der Waals surface area contributed by atoms with Gasteiger partial charge in [-0.1, -0.05) is 0 Å². The summed E-state index contributed by atoms with van der Waals surface area (Å²) in [5.74, 6) is 0. The molecule has 0 unspecified atom stereocenters. The number of anilines is 1. The van der Waals surface area contributed by atoms with Crippen LogP contribution in [-0.4, -0.2) is 0 Å². The Hall–Kier alpha value is -0.540. The van der Waals surface area contributed by atoms with E-state index in [-0.39, 0.29) is 0 Å². The van der Waals surface area contributed by atoms with Crippen LogP contribution in [0.4, 0.5) is 5.00 Å². The van der Waals surface area contributed by atoms with Gasteiger partial charge in [0, 0.05) is 17.0 Å². The Morgan fingerprint density at radius 2 is 2.00 bits per heavy atom. The zero-order valence-electron chi connectivity index (χ0n) is 7.10. The lowest BCUT2D eigenvalue weighted by molar-refractivity contribution is 0.691. The second-order valence-corrected chi connectivity index (χ2v) is 4.39. The number of fused-ring (bicyclic) bond motifs is 1. The zero-order valence-corrected chi connectivity index (χ0v) is 7.91. The summed E-state index contributed by atoms with van der Waals surface area (Å²) in [6.45, 7) is 0.609. The highest BCUT2D eigenvalue weighted by Gasteiger charge is 2.17. The van der Waals surface area contributed by atoms with Crippen molar-refractivity contribution in [1.29, 1.82) is 0 Å². The Labute approximate surface area is 76.6 Å². The summed E-state index contributed by atoms with van der Waals surface area (Å²) in [5, 5.41) is 0.949. The minimum absolute atomic E-state index is 0.609. The predicted molar refractivity (Wildman–Crippen MR) is 53.3 cm³/mol. The van der Waals surface area contributed by atoms with Gasteiger partial charge in [-0.3, -0.25) is 0 Å². The van der Waals surface area contributed by atoms with Gasteiger partial charge in [0.1, 0.15) is 0 Å². The summed E-state index contributed by atoms with van der Waals surface area (Å²) in [5.41, 5.74) is 14.2. The van der Waals surface area contributed by atoms with Crippen molar-refractivity contribution < 1.29 is 0 Å². The molecule has 12 heavy (non-hydrogen) atoms. The first-order chi connectivity index (χ1) is 5.83. The standard InChI is InChI=1S/C9H14N2S/c10-5-7-6-3-1-2-4-8(6)12-9(7)11/h1-5,10-11H2. The fourth-order valence-electron chi connectivity index (χ4n) is 1.88. The molecule has 0 bridgehead atoms. The van der Waals surface area contributed by atoms with Crippen LogP contribution in [0.5, 0.6) is 0 Å². The van der Waals surface area contributed by atoms with Gasteiger partial charge in [0.15, 0.2) is 0 Å². The molecular weight excluding hydrogens is 168 g/mol. The normalized spacial score (nSPS) is 16.1. The van der Waals surface area contributed by atoms with E-state index in [0.29, 0.717) is 6.54 Å². The van der Waals surface area contributed by atoms with Crippen molar-refractivity contribution in [3.8, 4) is 0 Å². The first kappa shape index (κ1) is 8.08.